The summed E-state index contributed by atoms with van der Waals surface area (Å²) in [5, 5.41) is 0. The number of carbonyl (C=O) groups is 1. The molecule has 0 aromatic rings. The summed E-state index contributed by atoms with van der Waals surface area (Å²) in [7, 11) is 1.41. The zero-order valence-electron chi connectivity index (χ0n) is 10.8. The molecule has 0 aliphatic rings. The summed E-state index contributed by atoms with van der Waals surface area (Å²) in [6.07, 6.45) is 15.0. The van der Waals surface area contributed by atoms with Gasteiger partial charge < -0.3 is 4.74 Å². The van der Waals surface area contributed by atoms with Crippen molar-refractivity contribution in [2.75, 3.05) is 7.11 Å². The first-order valence-corrected chi connectivity index (χ1v) is 6.55. The Bertz CT molecular complexity index is 185. The van der Waals surface area contributed by atoms with Crippen molar-refractivity contribution in [3.8, 4) is 0 Å². The van der Waals surface area contributed by atoms with Crippen LogP contribution in [0.5, 0.6) is 0 Å². The van der Waals surface area contributed by atoms with E-state index >= 15 is 0 Å². The van der Waals surface area contributed by atoms with Crippen LogP contribution < -0.4 is 0 Å². The molecule has 0 rings (SSSR count). The molecule has 0 aliphatic heterocycles. The van der Waals surface area contributed by atoms with Gasteiger partial charge in [-0.3, -0.25) is 0 Å². The van der Waals surface area contributed by atoms with Gasteiger partial charge in [-0.2, -0.15) is 0 Å². The minimum Gasteiger partial charge on any atom is -0.466 e. The average Bonchev–Trinajstić information content (AvgIpc) is 2.31. The summed E-state index contributed by atoms with van der Waals surface area (Å²) in [4.78, 5) is 10.7. The van der Waals surface area contributed by atoms with E-state index in [4.69, 9.17) is 0 Å². The number of methoxy groups -OCH3 is 1. The van der Waals surface area contributed by atoms with Crippen LogP contribution in [0.3, 0.4) is 0 Å². The highest BCUT2D eigenvalue weighted by atomic mass is 16.5. The van der Waals surface area contributed by atoms with Crippen LogP contribution in [0.25, 0.3) is 0 Å². The van der Waals surface area contributed by atoms with Gasteiger partial charge in [-0.05, 0) is 12.8 Å². The lowest BCUT2D eigenvalue weighted by Gasteiger charge is -1.99. The number of rotatable bonds is 10. The van der Waals surface area contributed by atoms with E-state index in [1.54, 1.807) is 0 Å². The van der Waals surface area contributed by atoms with Crippen molar-refractivity contribution in [1.82, 2.24) is 0 Å². The predicted molar refractivity (Wildman–Crippen MR) is 68.4 cm³/mol. The largest absolute Gasteiger partial charge is 0.466 e. The molecule has 0 heterocycles. The van der Waals surface area contributed by atoms with Crippen LogP contribution in [0.1, 0.15) is 64.7 Å². The summed E-state index contributed by atoms with van der Waals surface area (Å²) in [6, 6.07) is 0. The molecule has 0 atom stereocenters. The second-order valence-electron chi connectivity index (χ2n) is 4.19. The molecular weight excluding hydrogens is 200 g/mol. The Labute approximate surface area is 100 Å². The van der Waals surface area contributed by atoms with Crippen LogP contribution in [0.4, 0.5) is 0 Å². The Morgan fingerprint density at radius 2 is 1.56 bits per heavy atom. The standard InChI is InChI=1S/C14H26O2/c1-3-4-5-6-7-8-9-10-11-12-13-14(15)16-2/h12-13H,3-11H2,1-2H3. The normalized spacial score (nSPS) is 10.9. The lowest BCUT2D eigenvalue weighted by molar-refractivity contribution is -0.134. The lowest BCUT2D eigenvalue weighted by atomic mass is 10.1. The molecule has 0 radical (unpaired) electrons. The average molecular weight is 226 g/mol. The van der Waals surface area contributed by atoms with E-state index in [1.807, 2.05) is 6.08 Å². The van der Waals surface area contributed by atoms with E-state index in [0.29, 0.717) is 0 Å². The van der Waals surface area contributed by atoms with Crippen molar-refractivity contribution in [2.24, 2.45) is 0 Å². The van der Waals surface area contributed by atoms with Gasteiger partial charge in [0.1, 0.15) is 0 Å². The topological polar surface area (TPSA) is 26.3 Å². The summed E-state index contributed by atoms with van der Waals surface area (Å²) >= 11 is 0. The Balaban J connectivity index is 3.09. The van der Waals surface area contributed by atoms with Crippen molar-refractivity contribution in [1.29, 1.82) is 0 Å². The highest BCUT2D eigenvalue weighted by Crippen LogP contribution is 2.09. The van der Waals surface area contributed by atoms with E-state index in [0.717, 1.165) is 6.42 Å². The van der Waals surface area contributed by atoms with E-state index in [2.05, 4.69) is 11.7 Å². The van der Waals surface area contributed by atoms with Crippen molar-refractivity contribution < 1.29 is 9.53 Å². The van der Waals surface area contributed by atoms with Crippen molar-refractivity contribution in [3.63, 3.8) is 0 Å². The molecule has 0 saturated heterocycles. The van der Waals surface area contributed by atoms with Crippen LogP contribution in [0.2, 0.25) is 0 Å². The van der Waals surface area contributed by atoms with E-state index in [9.17, 15) is 4.79 Å². The number of ether oxygens (including phenoxy) is 1. The minimum absolute atomic E-state index is 0.250. The monoisotopic (exact) mass is 226 g/mol. The van der Waals surface area contributed by atoms with E-state index in [1.165, 1.54) is 64.6 Å². The van der Waals surface area contributed by atoms with Gasteiger partial charge in [0.05, 0.1) is 7.11 Å². The molecule has 2 nitrogen and oxygen atoms in total. The van der Waals surface area contributed by atoms with Crippen LogP contribution in [-0.2, 0) is 9.53 Å². The molecule has 0 bridgehead atoms. The molecule has 0 amide bonds. The zero-order valence-corrected chi connectivity index (χ0v) is 10.8. The highest BCUT2D eigenvalue weighted by molar-refractivity contribution is 5.81. The van der Waals surface area contributed by atoms with E-state index < -0.39 is 0 Å². The fourth-order valence-corrected chi connectivity index (χ4v) is 1.64. The Morgan fingerprint density at radius 3 is 2.12 bits per heavy atom. The molecule has 0 saturated carbocycles. The summed E-state index contributed by atoms with van der Waals surface area (Å²) in [5.41, 5.74) is 0. The molecular formula is C14H26O2. The first-order valence-electron chi connectivity index (χ1n) is 6.55. The summed E-state index contributed by atoms with van der Waals surface area (Å²) < 4.78 is 4.51. The maximum Gasteiger partial charge on any atom is 0.330 e. The third-order valence-electron chi connectivity index (χ3n) is 2.68. The molecule has 0 aromatic heterocycles. The van der Waals surface area contributed by atoms with Crippen LogP contribution >= 0.6 is 0 Å². The first-order chi connectivity index (χ1) is 7.81. The maximum atomic E-state index is 10.7. The Hall–Kier alpha value is -0.790. The van der Waals surface area contributed by atoms with Gasteiger partial charge in [0.15, 0.2) is 0 Å². The maximum absolute atomic E-state index is 10.7. The number of hydrogen-bond donors (Lipinski definition) is 0. The molecule has 0 N–H and O–H groups in total. The van der Waals surface area contributed by atoms with Gasteiger partial charge in [0, 0.05) is 6.08 Å². The van der Waals surface area contributed by atoms with Crippen LogP contribution in [0.15, 0.2) is 12.2 Å². The number of esters is 1. The number of unbranched alkanes of at least 4 members (excludes halogenated alkanes) is 8. The second kappa shape index (κ2) is 12.3. The molecule has 94 valence electrons. The smallest absolute Gasteiger partial charge is 0.330 e. The highest BCUT2D eigenvalue weighted by Gasteiger charge is 1.92. The fourth-order valence-electron chi connectivity index (χ4n) is 1.64. The van der Waals surface area contributed by atoms with Crippen molar-refractivity contribution in [3.05, 3.63) is 12.2 Å². The SMILES string of the molecule is CCCCCCCCCCC=CC(=O)OC. The van der Waals surface area contributed by atoms with Crippen LogP contribution in [0, 0.1) is 0 Å². The molecule has 2 heteroatoms. The second-order valence-corrected chi connectivity index (χ2v) is 4.19. The summed E-state index contributed by atoms with van der Waals surface area (Å²) in [6.45, 7) is 2.24. The fraction of sp³-hybridized carbons (Fsp3) is 0.786. The molecule has 0 fully saturated rings. The molecule has 16 heavy (non-hydrogen) atoms. The lowest BCUT2D eigenvalue weighted by Crippen LogP contribution is -1.93. The van der Waals surface area contributed by atoms with Gasteiger partial charge in [-0.25, -0.2) is 4.79 Å². The molecule has 0 unspecified atom stereocenters. The Kier molecular flexibility index (Phi) is 11.7. The van der Waals surface area contributed by atoms with Gasteiger partial charge in [0.2, 0.25) is 0 Å². The first kappa shape index (κ1) is 15.2. The molecule has 0 aromatic carbocycles. The number of allylic oxidation sites excluding steroid dienone is 1. The third kappa shape index (κ3) is 11.3. The minimum atomic E-state index is -0.250. The van der Waals surface area contributed by atoms with E-state index in [-0.39, 0.29) is 5.97 Å². The molecule has 0 aliphatic carbocycles. The Morgan fingerprint density at radius 1 is 1.00 bits per heavy atom. The summed E-state index contributed by atoms with van der Waals surface area (Å²) in [5.74, 6) is -0.250. The molecule has 0 spiro atoms. The quantitative estimate of drug-likeness (QED) is 0.316. The van der Waals surface area contributed by atoms with Crippen molar-refractivity contribution in [2.45, 2.75) is 64.7 Å². The van der Waals surface area contributed by atoms with Gasteiger partial charge in [-0.15, -0.1) is 0 Å². The van der Waals surface area contributed by atoms with Gasteiger partial charge in [0.25, 0.3) is 0 Å². The third-order valence-corrected chi connectivity index (χ3v) is 2.68. The predicted octanol–water partition coefficient (Wildman–Crippen LogP) is 4.25. The number of hydrogen-bond acceptors (Lipinski definition) is 2. The van der Waals surface area contributed by atoms with Gasteiger partial charge >= 0.3 is 5.97 Å². The van der Waals surface area contributed by atoms with Crippen LogP contribution in [-0.4, -0.2) is 13.1 Å². The van der Waals surface area contributed by atoms with Gasteiger partial charge in [-0.1, -0.05) is 57.9 Å². The van der Waals surface area contributed by atoms with Crippen molar-refractivity contribution >= 4 is 5.97 Å². The zero-order chi connectivity index (χ0) is 12.1. The number of carbonyl (C=O) groups excluding carboxylic acids is 1.